The lowest BCUT2D eigenvalue weighted by atomic mass is 9.81. The summed E-state index contributed by atoms with van der Waals surface area (Å²) < 4.78 is 0. The van der Waals surface area contributed by atoms with E-state index in [0.717, 1.165) is 25.7 Å². The van der Waals surface area contributed by atoms with Crippen LogP contribution in [0.25, 0.3) is 0 Å². The van der Waals surface area contributed by atoms with Gasteiger partial charge < -0.3 is 11.1 Å². The highest BCUT2D eigenvalue weighted by atomic mass is 35.5. The van der Waals surface area contributed by atoms with Gasteiger partial charge in [0, 0.05) is 17.0 Å². The predicted molar refractivity (Wildman–Crippen MR) is 81.2 cm³/mol. The fourth-order valence-electron chi connectivity index (χ4n) is 2.66. The number of rotatable bonds is 4. The zero-order chi connectivity index (χ0) is 15.4. The summed E-state index contributed by atoms with van der Waals surface area (Å²) in [6.07, 6.45) is 3.38. The SMILES string of the molecule is NCC1CCC(C(=O)Nc2cc(Cl)ccc2[N+](=O)[O-])CC1. The fourth-order valence-corrected chi connectivity index (χ4v) is 2.83. The maximum atomic E-state index is 12.2. The van der Waals surface area contributed by atoms with Gasteiger partial charge in [0.25, 0.3) is 5.69 Å². The number of amides is 1. The van der Waals surface area contributed by atoms with Gasteiger partial charge in [-0.15, -0.1) is 0 Å². The number of hydrogen-bond acceptors (Lipinski definition) is 4. The largest absolute Gasteiger partial charge is 0.330 e. The van der Waals surface area contributed by atoms with E-state index in [4.69, 9.17) is 17.3 Å². The Morgan fingerprint density at radius 1 is 1.38 bits per heavy atom. The van der Waals surface area contributed by atoms with Gasteiger partial charge >= 0.3 is 0 Å². The molecule has 0 aliphatic heterocycles. The Labute approximate surface area is 127 Å². The summed E-state index contributed by atoms with van der Waals surface area (Å²) in [5.74, 6) is 0.178. The highest BCUT2D eigenvalue weighted by Gasteiger charge is 2.27. The zero-order valence-electron chi connectivity index (χ0n) is 11.5. The lowest BCUT2D eigenvalue weighted by molar-refractivity contribution is -0.383. The number of nitrogens with two attached hydrogens (primary N) is 1. The Bertz CT molecular complexity index is 542. The molecule has 1 saturated carbocycles. The van der Waals surface area contributed by atoms with Crippen LogP contribution in [-0.2, 0) is 4.79 Å². The van der Waals surface area contributed by atoms with Crippen molar-refractivity contribution in [2.24, 2.45) is 17.6 Å². The topological polar surface area (TPSA) is 98.3 Å². The first-order valence-electron chi connectivity index (χ1n) is 6.96. The van der Waals surface area contributed by atoms with E-state index < -0.39 is 4.92 Å². The van der Waals surface area contributed by atoms with E-state index in [9.17, 15) is 14.9 Å². The predicted octanol–water partition coefficient (Wildman–Crippen LogP) is 2.95. The first-order valence-corrected chi connectivity index (χ1v) is 7.34. The van der Waals surface area contributed by atoms with Crippen LogP contribution in [0.3, 0.4) is 0 Å². The molecule has 0 aromatic heterocycles. The van der Waals surface area contributed by atoms with Gasteiger partial charge in [0.1, 0.15) is 5.69 Å². The van der Waals surface area contributed by atoms with Crippen LogP contribution >= 0.6 is 11.6 Å². The quantitative estimate of drug-likeness (QED) is 0.659. The number of hydrogen-bond donors (Lipinski definition) is 2. The molecule has 6 nitrogen and oxygen atoms in total. The summed E-state index contributed by atoms with van der Waals surface area (Å²) in [6.45, 7) is 0.647. The highest BCUT2D eigenvalue weighted by Crippen LogP contribution is 2.31. The van der Waals surface area contributed by atoms with E-state index in [1.807, 2.05) is 0 Å². The van der Waals surface area contributed by atoms with Crippen LogP contribution in [0, 0.1) is 22.0 Å². The van der Waals surface area contributed by atoms with Crippen molar-refractivity contribution in [3.8, 4) is 0 Å². The molecule has 0 spiro atoms. The molecule has 114 valence electrons. The monoisotopic (exact) mass is 311 g/mol. The van der Waals surface area contributed by atoms with Crippen molar-refractivity contribution in [1.29, 1.82) is 0 Å². The van der Waals surface area contributed by atoms with Crippen LogP contribution < -0.4 is 11.1 Å². The van der Waals surface area contributed by atoms with Crippen LogP contribution in [-0.4, -0.2) is 17.4 Å². The molecular weight excluding hydrogens is 294 g/mol. The molecule has 0 heterocycles. The molecule has 21 heavy (non-hydrogen) atoms. The van der Waals surface area contributed by atoms with E-state index >= 15 is 0 Å². The molecule has 1 aliphatic rings. The molecule has 1 fully saturated rings. The molecular formula is C14H18ClN3O3. The summed E-state index contributed by atoms with van der Waals surface area (Å²) in [4.78, 5) is 22.7. The van der Waals surface area contributed by atoms with Crippen molar-refractivity contribution in [3.63, 3.8) is 0 Å². The molecule has 1 aliphatic carbocycles. The van der Waals surface area contributed by atoms with Crippen molar-refractivity contribution >= 4 is 28.9 Å². The van der Waals surface area contributed by atoms with Gasteiger partial charge in [0.15, 0.2) is 0 Å². The number of nitro benzene ring substituents is 1. The Morgan fingerprint density at radius 3 is 2.62 bits per heavy atom. The van der Waals surface area contributed by atoms with Gasteiger partial charge in [0.05, 0.1) is 4.92 Å². The first kappa shape index (κ1) is 15.7. The van der Waals surface area contributed by atoms with Crippen LogP contribution in [0.15, 0.2) is 18.2 Å². The first-order chi connectivity index (χ1) is 10.0. The molecule has 3 N–H and O–H groups in total. The Hall–Kier alpha value is -1.66. The number of anilines is 1. The number of carbonyl (C=O) groups is 1. The van der Waals surface area contributed by atoms with Crippen molar-refractivity contribution in [2.45, 2.75) is 25.7 Å². The minimum Gasteiger partial charge on any atom is -0.330 e. The van der Waals surface area contributed by atoms with E-state index in [0.29, 0.717) is 17.5 Å². The lowest BCUT2D eigenvalue weighted by Crippen LogP contribution is -2.29. The third-order valence-electron chi connectivity index (χ3n) is 3.96. The smallest absolute Gasteiger partial charge is 0.292 e. The fraction of sp³-hybridized carbons (Fsp3) is 0.500. The van der Waals surface area contributed by atoms with Crippen LogP contribution in [0.5, 0.6) is 0 Å². The number of carbonyl (C=O) groups excluding carboxylic acids is 1. The van der Waals surface area contributed by atoms with Crippen LogP contribution in [0.2, 0.25) is 5.02 Å². The van der Waals surface area contributed by atoms with Gasteiger partial charge in [0.2, 0.25) is 5.91 Å². The minimum absolute atomic E-state index is 0.119. The average molecular weight is 312 g/mol. The Balaban J connectivity index is 2.06. The standard InChI is InChI=1S/C14H18ClN3O3/c15-11-5-6-13(18(20)21)12(7-11)17-14(19)10-3-1-9(8-16)2-4-10/h5-7,9-10H,1-4,8,16H2,(H,17,19). The maximum Gasteiger partial charge on any atom is 0.292 e. The van der Waals surface area contributed by atoms with E-state index in [-0.39, 0.29) is 23.2 Å². The number of benzene rings is 1. The van der Waals surface area contributed by atoms with Crippen molar-refractivity contribution in [2.75, 3.05) is 11.9 Å². The molecule has 0 saturated heterocycles. The van der Waals surface area contributed by atoms with Gasteiger partial charge in [-0.1, -0.05) is 11.6 Å². The van der Waals surface area contributed by atoms with Gasteiger partial charge in [-0.05, 0) is 50.3 Å². The number of nitro groups is 1. The molecule has 1 aromatic rings. The zero-order valence-corrected chi connectivity index (χ0v) is 12.3. The summed E-state index contributed by atoms with van der Waals surface area (Å²) in [5.41, 5.74) is 5.63. The number of nitrogens with zero attached hydrogens (tertiary/aromatic N) is 1. The highest BCUT2D eigenvalue weighted by molar-refractivity contribution is 6.31. The second-order valence-electron chi connectivity index (χ2n) is 5.36. The lowest BCUT2D eigenvalue weighted by Gasteiger charge is -2.26. The number of nitrogens with one attached hydrogen (secondary N) is 1. The molecule has 2 rings (SSSR count). The second kappa shape index (κ2) is 6.87. The van der Waals surface area contributed by atoms with E-state index in [1.54, 1.807) is 0 Å². The van der Waals surface area contributed by atoms with Crippen molar-refractivity contribution in [1.82, 2.24) is 0 Å². The third-order valence-corrected chi connectivity index (χ3v) is 4.20. The molecule has 0 unspecified atom stereocenters. The minimum atomic E-state index is -0.530. The van der Waals surface area contributed by atoms with Gasteiger partial charge in [-0.25, -0.2) is 0 Å². The summed E-state index contributed by atoms with van der Waals surface area (Å²) in [5, 5.41) is 14.0. The van der Waals surface area contributed by atoms with Crippen LogP contribution in [0.4, 0.5) is 11.4 Å². The molecule has 1 amide bonds. The van der Waals surface area contributed by atoms with E-state index in [2.05, 4.69) is 5.32 Å². The molecule has 1 aromatic carbocycles. The Morgan fingerprint density at radius 2 is 2.05 bits per heavy atom. The van der Waals surface area contributed by atoms with E-state index in [1.165, 1.54) is 18.2 Å². The van der Waals surface area contributed by atoms with Crippen LogP contribution in [0.1, 0.15) is 25.7 Å². The summed E-state index contributed by atoms with van der Waals surface area (Å²) in [7, 11) is 0. The summed E-state index contributed by atoms with van der Waals surface area (Å²) >= 11 is 5.84. The average Bonchev–Trinajstić information content (AvgIpc) is 2.47. The third kappa shape index (κ3) is 3.92. The van der Waals surface area contributed by atoms with Crippen molar-refractivity contribution in [3.05, 3.63) is 33.3 Å². The molecule has 7 heteroatoms. The second-order valence-corrected chi connectivity index (χ2v) is 5.80. The van der Waals surface area contributed by atoms with Crippen molar-refractivity contribution < 1.29 is 9.72 Å². The van der Waals surface area contributed by atoms with Gasteiger partial charge in [-0.3, -0.25) is 14.9 Å². The normalized spacial score (nSPS) is 21.8. The molecule has 0 bridgehead atoms. The number of halogens is 1. The maximum absolute atomic E-state index is 12.2. The summed E-state index contributed by atoms with van der Waals surface area (Å²) in [6, 6.07) is 4.13. The molecule has 0 radical (unpaired) electrons. The molecule has 0 atom stereocenters. The van der Waals surface area contributed by atoms with Gasteiger partial charge in [-0.2, -0.15) is 0 Å². The Kier molecular flexibility index (Phi) is 5.14.